The maximum absolute atomic E-state index is 4.44. The third-order valence-electron chi connectivity index (χ3n) is 5.61. The summed E-state index contributed by atoms with van der Waals surface area (Å²) in [5.74, 6) is 0.879. The van der Waals surface area contributed by atoms with E-state index in [0.717, 1.165) is 51.8 Å². The molecule has 1 fully saturated rings. The molecule has 0 spiro atoms. The molecule has 28 heavy (non-hydrogen) atoms. The molecule has 0 aliphatic carbocycles. The zero-order valence-corrected chi connectivity index (χ0v) is 20.5. The van der Waals surface area contributed by atoms with Crippen LogP contribution in [0.25, 0.3) is 0 Å². The normalized spacial score (nSPS) is 19.9. The molecule has 1 heterocycles. The summed E-state index contributed by atoms with van der Waals surface area (Å²) in [6, 6.07) is 11.6. The van der Waals surface area contributed by atoms with Gasteiger partial charge in [-0.3, -0.25) is 14.8 Å². The van der Waals surface area contributed by atoms with Crippen molar-refractivity contribution in [2.24, 2.45) is 4.99 Å². The van der Waals surface area contributed by atoms with Crippen LogP contribution in [0.3, 0.4) is 0 Å². The summed E-state index contributed by atoms with van der Waals surface area (Å²) in [7, 11) is 6.25. The fraction of sp³-hybridized carbons (Fsp3) is 0.667. The largest absolute Gasteiger partial charge is 0.355 e. The lowest BCUT2D eigenvalue weighted by molar-refractivity contribution is 0.116. The first kappa shape index (κ1) is 25.1. The minimum absolute atomic E-state index is 0. The summed E-state index contributed by atoms with van der Waals surface area (Å²) in [4.78, 5) is 11.8. The maximum atomic E-state index is 4.44. The Hall–Kier alpha value is -0.900. The summed E-state index contributed by atoms with van der Waals surface area (Å²) >= 11 is 0. The number of nitrogens with zero attached hydrogens (tertiary/aromatic N) is 4. The number of rotatable bonds is 8. The van der Waals surface area contributed by atoms with Gasteiger partial charge in [0, 0.05) is 45.8 Å². The van der Waals surface area contributed by atoms with E-state index < -0.39 is 0 Å². The van der Waals surface area contributed by atoms with E-state index in [2.05, 4.69) is 88.6 Å². The van der Waals surface area contributed by atoms with E-state index in [1.807, 2.05) is 7.05 Å². The molecule has 2 rings (SSSR count). The van der Waals surface area contributed by atoms with Crippen molar-refractivity contribution in [3.8, 4) is 0 Å². The average Bonchev–Trinajstić information content (AvgIpc) is 2.70. The zero-order valence-electron chi connectivity index (χ0n) is 18.2. The molecule has 6 nitrogen and oxygen atoms in total. The van der Waals surface area contributed by atoms with Crippen molar-refractivity contribution in [3.05, 3.63) is 35.9 Å². The highest BCUT2D eigenvalue weighted by atomic mass is 127. The minimum atomic E-state index is 0. The van der Waals surface area contributed by atoms with Crippen LogP contribution in [0, 0.1) is 0 Å². The summed E-state index contributed by atoms with van der Waals surface area (Å²) in [5, 5.41) is 7.07. The topological polar surface area (TPSA) is 46.1 Å². The van der Waals surface area contributed by atoms with Crippen molar-refractivity contribution in [2.45, 2.75) is 25.9 Å². The number of hydrogen-bond donors (Lipinski definition) is 2. The van der Waals surface area contributed by atoms with Crippen LogP contribution in [-0.4, -0.2) is 93.7 Å². The van der Waals surface area contributed by atoms with Crippen molar-refractivity contribution in [2.75, 3.05) is 67.0 Å². The Morgan fingerprint density at radius 3 is 2.43 bits per heavy atom. The van der Waals surface area contributed by atoms with E-state index in [9.17, 15) is 0 Å². The summed E-state index contributed by atoms with van der Waals surface area (Å²) in [5.41, 5.74) is 1.35. The van der Waals surface area contributed by atoms with Gasteiger partial charge in [0.05, 0.1) is 6.04 Å². The monoisotopic (exact) mass is 502 g/mol. The van der Waals surface area contributed by atoms with E-state index in [1.54, 1.807) is 0 Å². The van der Waals surface area contributed by atoms with Crippen molar-refractivity contribution in [1.82, 2.24) is 25.3 Å². The van der Waals surface area contributed by atoms with Gasteiger partial charge < -0.3 is 15.5 Å². The first-order valence-electron chi connectivity index (χ1n) is 10.2. The van der Waals surface area contributed by atoms with Gasteiger partial charge in [-0.15, -0.1) is 24.0 Å². The Morgan fingerprint density at radius 1 is 1.14 bits per heavy atom. The Labute approximate surface area is 188 Å². The average molecular weight is 502 g/mol. The van der Waals surface area contributed by atoms with Crippen LogP contribution in [0.2, 0.25) is 0 Å². The standard InChI is InChI=1S/C21H38N6.HI/c1-6-27(7-2)20(18-11-9-8-10-12-18)16-24-21(22-3)23-15-19-17-25(4)13-14-26(19)5;/h8-12,19-20H,6-7,13-17H2,1-5H3,(H2,22,23,24);1H. The predicted octanol–water partition coefficient (Wildman–Crippen LogP) is 2.10. The van der Waals surface area contributed by atoms with E-state index in [-0.39, 0.29) is 24.0 Å². The Bertz CT molecular complexity index is 563. The van der Waals surface area contributed by atoms with E-state index >= 15 is 0 Å². The van der Waals surface area contributed by atoms with Crippen LogP contribution >= 0.6 is 24.0 Å². The van der Waals surface area contributed by atoms with Gasteiger partial charge in [-0.25, -0.2) is 0 Å². The molecule has 1 aliphatic rings. The first-order chi connectivity index (χ1) is 13.1. The molecule has 7 heteroatoms. The predicted molar refractivity (Wildman–Crippen MR) is 131 cm³/mol. The molecule has 2 unspecified atom stereocenters. The molecule has 0 bridgehead atoms. The zero-order chi connectivity index (χ0) is 19.6. The maximum Gasteiger partial charge on any atom is 0.191 e. The number of halogens is 1. The van der Waals surface area contributed by atoms with Gasteiger partial charge in [0.25, 0.3) is 0 Å². The molecule has 1 aliphatic heterocycles. The molecule has 0 aromatic heterocycles. The second-order valence-electron chi connectivity index (χ2n) is 7.38. The fourth-order valence-corrected chi connectivity index (χ4v) is 3.75. The highest BCUT2D eigenvalue weighted by Crippen LogP contribution is 2.19. The van der Waals surface area contributed by atoms with Crippen LogP contribution in [-0.2, 0) is 0 Å². The molecule has 0 radical (unpaired) electrons. The molecule has 2 atom stereocenters. The lowest BCUT2D eigenvalue weighted by Crippen LogP contribution is -2.55. The summed E-state index contributed by atoms with van der Waals surface area (Å²) < 4.78 is 0. The summed E-state index contributed by atoms with van der Waals surface area (Å²) in [6.45, 7) is 11.6. The van der Waals surface area contributed by atoms with Crippen molar-refractivity contribution < 1.29 is 0 Å². The first-order valence-corrected chi connectivity index (χ1v) is 10.2. The Kier molecular flexibility index (Phi) is 12.0. The van der Waals surface area contributed by atoms with Crippen LogP contribution < -0.4 is 10.6 Å². The van der Waals surface area contributed by atoms with Crippen LogP contribution in [0.4, 0.5) is 0 Å². The molecular weight excluding hydrogens is 463 g/mol. The van der Waals surface area contributed by atoms with Crippen LogP contribution in [0.5, 0.6) is 0 Å². The van der Waals surface area contributed by atoms with Gasteiger partial charge in [0.2, 0.25) is 0 Å². The smallest absolute Gasteiger partial charge is 0.191 e. The second kappa shape index (κ2) is 13.3. The minimum Gasteiger partial charge on any atom is -0.355 e. The highest BCUT2D eigenvalue weighted by Gasteiger charge is 2.22. The van der Waals surface area contributed by atoms with Gasteiger partial charge in [-0.05, 0) is 32.7 Å². The van der Waals surface area contributed by atoms with Gasteiger partial charge in [0.15, 0.2) is 5.96 Å². The molecule has 1 aromatic carbocycles. The number of hydrogen-bond acceptors (Lipinski definition) is 4. The number of benzene rings is 1. The third kappa shape index (κ3) is 7.50. The Morgan fingerprint density at radius 2 is 1.82 bits per heavy atom. The highest BCUT2D eigenvalue weighted by molar-refractivity contribution is 14.0. The van der Waals surface area contributed by atoms with Crippen molar-refractivity contribution in [3.63, 3.8) is 0 Å². The van der Waals surface area contributed by atoms with Gasteiger partial charge >= 0.3 is 0 Å². The Balaban J connectivity index is 0.00000392. The van der Waals surface area contributed by atoms with E-state index in [0.29, 0.717) is 12.1 Å². The van der Waals surface area contributed by atoms with Crippen molar-refractivity contribution in [1.29, 1.82) is 0 Å². The molecule has 2 N–H and O–H groups in total. The molecule has 0 saturated carbocycles. The number of nitrogens with one attached hydrogen (secondary N) is 2. The van der Waals surface area contributed by atoms with E-state index in [1.165, 1.54) is 5.56 Å². The molecule has 0 amide bonds. The number of aliphatic imine (C=N–C) groups is 1. The van der Waals surface area contributed by atoms with E-state index in [4.69, 9.17) is 0 Å². The molecule has 160 valence electrons. The van der Waals surface area contributed by atoms with Crippen molar-refractivity contribution >= 4 is 29.9 Å². The number of piperazine rings is 1. The quantitative estimate of drug-likeness (QED) is 0.324. The lowest BCUT2D eigenvalue weighted by atomic mass is 10.1. The lowest BCUT2D eigenvalue weighted by Gasteiger charge is -2.38. The molecular formula is C21H39IN6. The SMILES string of the molecule is CCN(CC)C(CNC(=NC)NCC1CN(C)CCN1C)c1ccccc1.I. The third-order valence-corrected chi connectivity index (χ3v) is 5.61. The fourth-order valence-electron chi connectivity index (χ4n) is 3.75. The van der Waals surface area contributed by atoms with Gasteiger partial charge in [-0.1, -0.05) is 44.2 Å². The number of guanidine groups is 1. The molecule has 1 saturated heterocycles. The summed E-state index contributed by atoms with van der Waals surface area (Å²) in [6.07, 6.45) is 0. The number of likely N-dealkylation sites (N-methyl/N-ethyl adjacent to an activating group) is 3. The van der Waals surface area contributed by atoms with Crippen LogP contribution in [0.15, 0.2) is 35.3 Å². The van der Waals surface area contributed by atoms with Gasteiger partial charge in [-0.2, -0.15) is 0 Å². The van der Waals surface area contributed by atoms with Gasteiger partial charge in [0.1, 0.15) is 0 Å². The molecule has 1 aromatic rings. The van der Waals surface area contributed by atoms with Crippen LogP contribution in [0.1, 0.15) is 25.5 Å². The second-order valence-corrected chi connectivity index (χ2v) is 7.38.